The first-order valence-electron chi connectivity index (χ1n) is 7.61. The average Bonchev–Trinajstić information content (AvgIpc) is 2.55. The lowest BCUT2D eigenvalue weighted by molar-refractivity contribution is -0.121. The molecule has 1 fully saturated rings. The fraction of sp³-hybridized carbons (Fsp3) is 0.500. The number of hydrogen-bond acceptors (Lipinski definition) is 4. The SMILES string of the molecule is CCOC(=O)N1CCCC(C(=O)Nc2cc(Cl)ccc2OC)C1. The van der Waals surface area contributed by atoms with Crippen molar-refractivity contribution in [1.82, 2.24) is 4.90 Å². The molecule has 0 bridgehead atoms. The molecule has 0 aliphatic carbocycles. The molecule has 1 heterocycles. The molecule has 0 aromatic heterocycles. The topological polar surface area (TPSA) is 67.9 Å². The van der Waals surface area contributed by atoms with Gasteiger partial charge in [-0.3, -0.25) is 4.79 Å². The van der Waals surface area contributed by atoms with Gasteiger partial charge in [-0.15, -0.1) is 0 Å². The Morgan fingerprint density at radius 2 is 2.22 bits per heavy atom. The molecule has 1 aliphatic rings. The van der Waals surface area contributed by atoms with Crippen LogP contribution in [0.4, 0.5) is 10.5 Å². The number of piperidine rings is 1. The van der Waals surface area contributed by atoms with Gasteiger partial charge in [0.2, 0.25) is 5.91 Å². The van der Waals surface area contributed by atoms with Crippen molar-refractivity contribution in [2.75, 3.05) is 32.1 Å². The van der Waals surface area contributed by atoms with E-state index in [1.54, 1.807) is 30.0 Å². The van der Waals surface area contributed by atoms with E-state index >= 15 is 0 Å². The van der Waals surface area contributed by atoms with E-state index in [2.05, 4.69) is 5.32 Å². The zero-order chi connectivity index (χ0) is 16.8. The Hall–Kier alpha value is -1.95. The second-order valence-corrected chi connectivity index (χ2v) is 5.75. The minimum absolute atomic E-state index is 0.153. The van der Waals surface area contributed by atoms with Gasteiger partial charge in [0, 0.05) is 18.1 Å². The Labute approximate surface area is 140 Å². The fourth-order valence-corrected chi connectivity index (χ4v) is 2.76. The van der Waals surface area contributed by atoms with Gasteiger partial charge in [-0.1, -0.05) is 11.6 Å². The summed E-state index contributed by atoms with van der Waals surface area (Å²) >= 11 is 5.97. The average molecular weight is 341 g/mol. The van der Waals surface area contributed by atoms with Crippen molar-refractivity contribution < 1.29 is 19.1 Å². The first-order chi connectivity index (χ1) is 11.0. The highest BCUT2D eigenvalue weighted by atomic mass is 35.5. The lowest BCUT2D eigenvalue weighted by Crippen LogP contribution is -2.44. The summed E-state index contributed by atoms with van der Waals surface area (Å²) in [6, 6.07) is 5.03. The number of rotatable bonds is 4. The van der Waals surface area contributed by atoms with E-state index in [0.29, 0.717) is 36.2 Å². The minimum atomic E-state index is -0.370. The molecule has 1 unspecified atom stereocenters. The molecule has 23 heavy (non-hydrogen) atoms. The lowest BCUT2D eigenvalue weighted by atomic mass is 9.97. The summed E-state index contributed by atoms with van der Waals surface area (Å²) in [5, 5.41) is 3.35. The van der Waals surface area contributed by atoms with E-state index in [4.69, 9.17) is 21.1 Å². The highest BCUT2D eigenvalue weighted by molar-refractivity contribution is 6.31. The zero-order valence-corrected chi connectivity index (χ0v) is 14.1. The second kappa shape index (κ2) is 8.06. The van der Waals surface area contributed by atoms with E-state index in [0.717, 1.165) is 12.8 Å². The number of methoxy groups -OCH3 is 1. The highest BCUT2D eigenvalue weighted by Gasteiger charge is 2.29. The van der Waals surface area contributed by atoms with Crippen LogP contribution in [0.1, 0.15) is 19.8 Å². The molecule has 2 rings (SSSR count). The Kier molecular flexibility index (Phi) is 6.10. The summed E-state index contributed by atoms with van der Waals surface area (Å²) in [6.45, 7) is 3.06. The normalized spacial score (nSPS) is 17.5. The molecule has 126 valence electrons. The van der Waals surface area contributed by atoms with Crippen molar-refractivity contribution in [3.8, 4) is 5.75 Å². The van der Waals surface area contributed by atoms with Gasteiger partial charge < -0.3 is 19.7 Å². The maximum atomic E-state index is 12.5. The molecule has 0 radical (unpaired) electrons. The van der Waals surface area contributed by atoms with Crippen LogP contribution in [0.25, 0.3) is 0 Å². The monoisotopic (exact) mass is 340 g/mol. The van der Waals surface area contributed by atoms with Crippen LogP contribution in [0, 0.1) is 5.92 Å². The number of halogens is 1. The van der Waals surface area contributed by atoms with Crippen LogP contribution >= 0.6 is 11.6 Å². The standard InChI is InChI=1S/C16H21ClN2O4/c1-3-23-16(21)19-8-4-5-11(10-19)15(20)18-13-9-12(17)6-7-14(13)22-2/h6-7,9,11H,3-5,8,10H2,1-2H3,(H,18,20). The summed E-state index contributed by atoms with van der Waals surface area (Å²) in [6.07, 6.45) is 1.12. The number of carbonyl (C=O) groups is 2. The molecule has 1 aromatic carbocycles. The van der Waals surface area contributed by atoms with E-state index in [-0.39, 0.29) is 17.9 Å². The van der Waals surface area contributed by atoms with E-state index in [9.17, 15) is 9.59 Å². The van der Waals surface area contributed by atoms with Gasteiger partial charge in [0.25, 0.3) is 0 Å². The van der Waals surface area contributed by atoms with Crippen molar-refractivity contribution in [3.63, 3.8) is 0 Å². The molecule has 7 heteroatoms. The number of amides is 2. The molecule has 2 amide bonds. The molecule has 1 atom stereocenters. The number of likely N-dealkylation sites (tertiary alicyclic amines) is 1. The lowest BCUT2D eigenvalue weighted by Gasteiger charge is -2.31. The predicted molar refractivity (Wildman–Crippen MR) is 88.0 cm³/mol. The first kappa shape index (κ1) is 17.4. The molecular formula is C16H21ClN2O4. The van der Waals surface area contributed by atoms with Crippen LogP contribution in [-0.2, 0) is 9.53 Å². The Bertz CT molecular complexity index is 579. The van der Waals surface area contributed by atoms with Crippen molar-refractivity contribution >= 4 is 29.3 Å². The Morgan fingerprint density at radius 1 is 1.43 bits per heavy atom. The van der Waals surface area contributed by atoms with Gasteiger partial charge in [0.1, 0.15) is 5.75 Å². The maximum Gasteiger partial charge on any atom is 0.409 e. The molecule has 1 N–H and O–H groups in total. The van der Waals surface area contributed by atoms with Gasteiger partial charge in [0.05, 0.1) is 25.3 Å². The summed E-state index contributed by atoms with van der Waals surface area (Å²) in [7, 11) is 1.53. The van der Waals surface area contributed by atoms with Crippen molar-refractivity contribution in [2.45, 2.75) is 19.8 Å². The number of anilines is 1. The fourth-order valence-electron chi connectivity index (χ4n) is 2.58. The van der Waals surface area contributed by atoms with Crippen LogP contribution in [-0.4, -0.2) is 43.7 Å². The third kappa shape index (κ3) is 4.51. The van der Waals surface area contributed by atoms with Crippen molar-refractivity contribution in [3.05, 3.63) is 23.2 Å². The molecular weight excluding hydrogens is 320 g/mol. The van der Waals surface area contributed by atoms with Crippen LogP contribution in [0.15, 0.2) is 18.2 Å². The number of nitrogens with zero attached hydrogens (tertiary/aromatic N) is 1. The third-order valence-electron chi connectivity index (χ3n) is 3.74. The van der Waals surface area contributed by atoms with Crippen LogP contribution in [0.5, 0.6) is 5.75 Å². The maximum absolute atomic E-state index is 12.5. The van der Waals surface area contributed by atoms with Crippen molar-refractivity contribution in [2.24, 2.45) is 5.92 Å². The van der Waals surface area contributed by atoms with Gasteiger partial charge >= 0.3 is 6.09 Å². The Morgan fingerprint density at radius 3 is 2.91 bits per heavy atom. The molecule has 1 saturated heterocycles. The molecule has 6 nitrogen and oxygen atoms in total. The molecule has 0 spiro atoms. The smallest absolute Gasteiger partial charge is 0.409 e. The summed E-state index contributed by atoms with van der Waals surface area (Å²) in [4.78, 5) is 25.9. The second-order valence-electron chi connectivity index (χ2n) is 5.32. The number of benzene rings is 1. The van der Waals surface area contributed by atoms with E-state index < -0.39 is 0 Å². The highest BCUT2D eigenvalue weighted by Crippen LogP contribution is 2.29. The number of ether oxygens (including phenoxy) is 2. The van der Waals surface area contributed by atoms with E-state index in [1.165, 1.54) is 7.11 Å². The third-order valence-corrected chi connectivity index (χ3v) is 3.97. The molecule has 0 saturated carbocycles. The van der Waals surface area contributed by atoms with Gasteiger partial charge in [-0.25, -0.2) is 4.79 Å². The van der Waals surface area contributed by atoms with Gasteiger partial charge in [0.15, 0.2) is 0 Å². The van der Waals surface area contributed by atoms with E-state index in [1.807, 2.05) is 0 Å². The molecule has 1 aromatic rings. The number of carbonyl (C=O) groups excluding carboxylic acids is 2. The summed E-state index contributed by atoms with van der Waals surface area (Å²) in [5.74, 6) is 0.109. The zero-order valence-electron chi connectivity index (χ0n) is 13.3. The van der Waals surface area contributed by atoms with Crippen LogP contribution in [0.2, 0.25) is 5.02 Å². The van der Waals surface area contributed by atoms with Gasteiger partial charge in [-0.2, -0.15) is 0 Å². The largest absolute Gasteiger partial charge is 0.495 e. The molecule has 1 aliphatic heterocycles. The van der Waals surface area contributed by atoms with Crippen molar-refractivity contribution in [1.29, 1.82) is 0 Å². The summed E-state index contributed by atoms with van der Waals surface area (Å²) in [5.41, 5.74) is 0.526. The number of hydrogen-bond donors (Lipinski definition) is 1. The van der Waals surface area contributed by atoms with Gasteiger partial charge in [-0.05, 0) is 38.0 Å². The van der Waals surface area contributed by atoms with Crippen LogP contribution in [0.3, 0.4) is 0 Å². The minimum Gasteiger partial charge on any atom is -0.495 e. The summed E-state index contributed by atoms with van der Waals surface area (Å²) < 4.78 is 10.2. The quantitative estimate of drug-likeness (QED) is 0.914. The number of nitrogens with one attached hydrogen (secondary N) is 1. The van der Waals surface area contributed by atoms with Crippen LogP contribution < -0.4 is 10.1 Å². The Balaban J connectivity index is 2.03. The predicted octanol–water partition coefficient (Wildman–Crippen LogP) is 3.16. The first-order valence-corrected chi connectivity index (χ1v) is 7.99.